The molecule has 2 nitrogen and oxygen atoms in total. The highest BCUT2D eigenvalue weighted by Crippen LogP contribution is 2.38. The molecule has 1 unspecified atom stereocenters. The molecule has 0 aromatic carbocycles. The van der Waals surface area contributed by atoms with E-state index in [4.69, 9.17) is 4.74 Å². The van der Waals surface area contributed by atoms with Gasteiger partial charge >= 0.3 is 5.97 Å². The maximum atomic E-state index is 11.1. The Labute approximate surface area is 66.9 Å². The number of hydrogen-bond donors (Lipinski definition) is 0. The van der Waals surface area contributed by atoms with Gasteiger partial charge in [0.15, 0.2) is 0 Å². The number of rotatable bonds is 0. The normalized spacial score (nSPS) is 43.4. The van der Waals surface area contributed by atoms with Crippen molar-refractivity contribution in [2.45, 2.75) is 26.2 Å². The fourth-order valence-corrected chi connectivity index (χ4v) is 2.23. The molecule has 2 heteroatoms. The average Bonchev–Trinajstić information content (AvgIpc) is 2.33. The van der Waals surface area contributed by atoms with Crippen molar-refractivity contribution in [1.29, 1.82) is 0 Å². The van der Waals surface area contributed by atoms with E-state index in [1.807, 2.05) is 0 Å². The second-order valence-electron chi connectivity index (χ2n) is 3.91. The number of carbonyl (C=O) groups excluding carboxylic acids is 1. The van der Waals surface area contributed by atoms with Crippen LogP contribution in [-0.2, 0) is 9.53 Å². The molecule has 0 aromatic rings. The predicted molar refractivity (Wildman–Crippen MR) is 41.0 cm³/mol. The number of hydrogen-bond acceptors (Lipinski definition) is 2. The van der Waals surface area contributed by atoms with E-state index in [9.17, 15) is 4.79 Å². The van der Waals surface area contributed by atoms with Gasteiger partial charge < -0.3 is 4.74 Å². The lowest BCUT2D eigenvalue weighted by Gasteiger charge is -2.25. The minimum absolute atomic E-state index is 0.0570. The zero-order valence-corrected chi connectivity index (χ0v) is 6.88. The molecule has 1 aliphatic heterocycles. The Kier molecular flexibility index (Phi) is 1.63. The molecule has 62 valence electrons. The van der Waals surface area contributed by atoms with Crippen LogP contribution in [0.4, 0.5) is 0 Å². The molecule has 0 N–H and O–H groups in total. The number of esters is 1. The molecular formula is C9H14O2. The lowest BCUT2D eigenvalue weighted by Crippen LogP contribution is -2.24. The number of carbonyl (C=O) groups is 1. The lowest BCUT2D eigenvalue weighted by molar-refractivity contribution is -0.141. The Morgan fingerprint density at radius 3 is 3.09 bits per heavy atom. The van der Waals surface area contributed by atoms with Crippen molar-refractivity contribution in [3.63, 3.8) is 0 Å². The molecule has 2 fully saturated rings. The summed E-state index contributed by atoms with van der Waals surface area (Å²) < 4.78 is 5.01. The highest BCUT2D eigenvalue weighted by molar-refractivity contribution is 5.74. The van der Waals surface area contributed by atoms with Gasteiger partial charge in [0.25, 0.3) is 0 Å². The summed E-state index contributed by atoms with van der Waals surface area (Å²) in [6.07, 6.45) is 3.53. The number of fused-ring (bicyclic) bond motifs is 1. The Hall–Kier alpha value is -0.530. The molecule has 0 radical (unpaired) electrons. The topological polar surface area (TPSA) is 26.3 Å². The zero-order chi connectivity index (χ0) is 7.84. The van der Waals surface area contributed by atoms with Gasteiger partial charge in [-0.05, 0) is 18.8 Å². The fraction of sp³-hybridized carbons (Fsp3) is 0.889. The Morgan fingerprint density at radius 2 is 2.27 bits per heavy atom. The summed E-state index contributed by atoms with van der Waals surface area (Å²) in [6, 6.07) is 0. The summed E-state index contributed by atoms with van der Waals surface area (Å²) >= 11 is 0. The van der Waals surface area contributed by atoms with Crippen LogP contribution in [-0.4, -0.2) is 12.6 Å². The molecule has 1 saturated heterocycles. The first kappa shape index (κ1) is 7.14. The van der Waals surface area contributed by atoms with Gasteiger partial charge in [0.2, 0.25) is 0 Å². The summed E-state index contributed by atoms with van der Waals surface area (Å²) in [5.74, 6) is 1.58. The van der Waals surface area contributed by atoms with Gasteiger partial charge in [0.1, 0.15) is 0 Å². The standard InChI is InChI=1S/C9H14O2/c1-6-2-3-7-5-11-9(10)8(7)4-6/h6-8H,2-5H2,1H3/t6?,7-,8-/m0/s1. The van der Waals surface area contributed by atoms with E-state index in [0.717, 1.165) is 12.3 Å². The molecular weight excluding hydrogens is 140 g/mol. The highest BCUT2D eigenvalue weighted by Gasteiger charge is 2.40. The van der Waals surface area contributed by atoms with Crippen molar-refractivity contribution in [1.82, 2.24) is 0 Å². The number of cyclic esters (lactones) is 1. The largest absolute Gasteiger partial charge is 0.465 e. The van der Waals surface area contributed by atoms with E-state index in [1.54, 1.807) is 0 Å². The van der Waals surface area contributed by atoms with Crippen LogP contribution in [0.3, 0.4) is 0 Å². The Morgan fingerprint density at radius 1 is 1.45 bits per heavy atom. The van der Waals surface area contributed by atoms with Crippen molar-refractivity contribution in [2.24, 2.45) is 17.8 Å². The van der Waals surface area contributed by atoms with Crippen molar-refractivity contribution in [3.05, 3.63) is 0 Å². The molecule has 0 bridgehead atoms. The molecule has 1 saturated carbocycles. The molecule has 1 aliphatic carbocycles. The third-order valence-corrected chi connectivity index (χ3v) is 3.00. The summed E-state index contributed by atoms with van der Waals surface area (Å²) in [5, 5.41) is 0. The third kappa shape index (κ3) is 1.15. The zero-order valence-electron chi connectivity index (χ0n) is 6.88. The lowest BCUT2D eigenvalue weighted by atomic mass is 9.76. The van der Waals surface area contributed by atoms with Gasteiger partial charge in [0, 0.05) is 5.92 Å². The SMILES string of the molecule is CC1CC[C@H]2COC(=O)[C@H]2C1. The van der Waals surface area contributed by atoms with Crippen molar-refractivity contribution in [2.75, 3.05) is 6.61 Å². The third-order valence-electron chi connectivity index (χ3n) is 3.00. The van der Waals surface area contributed by atoms with E-state index in [2.05, 4.69) is 6.92 Å². The maximum absolute atomic E-state index is 11.1. The van der Waals surface area contributed by atoms with Crippen LogP contribution < -0.4 is 0 Å². The second kappa shape index (κ2) is 2.50. The summed E-state index contributed by atoms with van der Waals surface area (Å²) in [6.45, 7) is 2.91. The van der Waals surface area contributed by atoms with Gasteiger partial charge in [-0.1, -0.05) is 13.3 Å². The fourth-order valence-electron chi connectivity index (χ4n) is 2.23. The van der Waals surface area contributed by atoms with Crippen LogP contribution in [0.2, 0.25) is 0 Å². The van der Waals surface area contributed by atoms with Crippen LogP contribution in [0.15, 0.2) is 0 Å². The van der Waals surface area contributed by atoms with E-state index >= 15 is 0 Å². The van der Waals surface area contributed by atoms with Crippen molar-refractivity contribution < 1.29 is 9.53 Å². The molecule has 0 amide bonds. The summed E-state index contributed by atoms with van der Waals surface area (Å²) in [7, 11) is 0. The number of ether oxygens (including phenoxy) is 1. The first-order valence-electron chi connectivity index (χ1n) is 4.44. The quantitative estimate of drug-likeness (QED) is 0.495. The van der Waals surface area contributed by atoms with Crippen LogP contribution >= 0.6 is 0 Å². The monoisotopic (exact) mass is 154 g/mol. The highest BCUT2D eigenvalue weighted by atomic mass is 16.5. The molecule has 11 heavy (non-hydrogen) atoms. The first-order valence-corrected chi connectivity index (χ1v) is 4.44. The Balaban J connectivity index is 2.07. The second-order valence-corrected chi connectivity index (χ2v) is 3.91. The van der Waals surface area contributed by atoms with E-state index < -0.39 is 0 Å². The molecule has 2 rings (SSSR count). The molecule has 2 aliphatic rings. The summed E-state index contributed by atoms with van der Waals surface area (Å²) in [4.78, 5) is 11.1. The molecule has 0 aromatic heterocycles. The van der Waals surface area contributed by atoms with E-state index in [1.165, 1.54) is 12.8 Å². The van der Waals surface area contributed by atoms with Gasteiger partial charge in [0.05, 0.1) is 12.5 Å². The van der Waals surface area contributed by atoms with E-state index in [-0.39, 0.29) is 11.9 Å². The Bertz CT molecular complexity index is 176. The maximum Gasteiger partial charge on any atom is 0.309 e. The van der Waals surface area contributed by atoms with E-state index in [0.29, 0.717) is 12.5 Å². The minimum Gasteiger partial charge on any atom is -0.465 e. The van der Waals surface area contributed by atoms with Crippen LogP contribution in [0.5, 0.6) is 0 Å². The minimum atomic E-state index is 0.0570. The van der Waals surface area contributed by atoms with Crippen molar-refractivity contribution >= 4 is 5.97 Å². The van der Waals surface area contributed by atoms with Crippen LogP contribution in [0.1, 0.15) is 26.2 Å². The molecule has 1 heterocycles. The molecule has 0 spiro atoms. The smallest absolute Gasteiger partial charge is 0.309 e. The first-order chi connectivity index (χ1) is 5.27. The van der Waals surface area contributed by atoms with Gasteiger partial charge in [-0.25, -0.2) is 0 Å². The predicted octanol–water partition coefficient (Wildman–Crippen LogP) is 1.60. The molecule has 3 atom stereocenters. The summed E-state index contributed by atoms with van der Waals surface area (Å²) in [5.41, 5.74) is 0. The van der Waals surface area contributed by atoms with Gasteiger partial charge in [-0.2, -0.15) is 0 Å². The van der Waals surface area contributed by atoms with Gasteiger partial charge in [-0.3, -0.25) is 4.79 Å². The van der Waals surface area contributed by atoms with Crippen LogP contribution in [0.25, 0.3) is 0 Å². The van der Waals surface area contributed by atoms with Crippen LogP contribution in [0, 0.1) is 17.8 Å². The van der Waals surface area contributed by atoms with Gasteiger partial charge in [-0.15, -0.1) is 0 Å². The van der Waals surface area contributed by atoms with Crippen molar-refractivity contribution in [3.8, 4) is 0 Å². The average molecular weight is 154 g/mol.